The molecule has 0 bridgehead atoms. The Hall–Kier alpha value is -0.0862. The minimum atomic E-state index is -0.996. The predicted octanol–water partition coefficient (Wildman–Crippen LogP) is 4.14. The first-order valence-corrected chi connectivity index (χ1v) is 12.9. The zero-order valence-corrected chi connectivity index (χ0v) is 11.7. The molecule has 0 aromatic carbocycles. The van der Waals surface area contributed by atoms with Crippen LogP contribution in [0.4, 0.5) is 0 Å². The van der Waals surface area contributed by atoms with E-state index in [1.165, 1.54) is 12.8 Å². The normalized spacial score (nSPS) is 26.2. The van der Waals surface area contributed by atoms with Crippen molar-refractivity contribution >= 4 is 15.2 Å². The zero-order chi connectivity index (χ0) is 10.2. The molecule has 0 saturated carbocycles. The van der Waals surface area contributed by atoms with E-state index in [0.717, 1.165) is 5.54 Å². The Morgan fingerprint density at radius 2 is 1.57 bits per heavy atom. The molecule has 0 N–H and O–H groups in total. The SMILES string of the molecule is C[Si]1([Si](C)(C)C2C=CC=C2)CCCC1. The predicted molar refractivity (Wildman–Crippen MR) is 70.0 cm³/mol. The smallest absolute Gasteiger partial charge is 0.0533 e. The molecule has 0 atom stereocenters. The topological polar surface area (TPSA) is 0 Å². The van der Waals surface area contributed by atoms with Gasteiger partial charge in [-0.15, -0.1) is 0 Å². The fourth-order valence-electron chi connectivity index (χ4n) is 3.12. The van der Waals surface area contributed by atoms with E-state index < -0.39 is 15.2 Å². The number of rotatable bonds is 2. The van der Waals surface area contributed by atoms with E-state index in [4.69, 9.17) is 0 Å². The molecular formula is C12H22Si2. The van der Waals surface area contributed by atoms with Crippen LogP contribution in [0.5, 0.6) is 0 Å². The number of hydrogen-bond acceptors (Lipinski definition) is 0. The molecule has 1 saturated heterocycles. The Kier molecular flexibility index (Phi) is 2.60. The fourth-order valence-corrected chi connectivity index (χ4v) is 16.6. The monoisotopic (exact) mass is 222 g/mol. The maximum absolute atomic E-state index is 2.69. The van der Waals surface area contributed by atoms with Gasteiger partial charge in [-0.05, 0) is 5.54 Å². The van der Waals surface area contributed by atoms with Crippen LogP contribution in [0, 0.1) is 0 Å². The highest BCUT2D eigenvalue weighted by Gasteiger charge is 2.49. The summed E-state index contributed by atoms with van der Waals surface area (Å²) in [6.07, 6.45) is 12.5. The van der Waals surface area contributed by atoms with E-state index in [2.05, 4.69) is 43.9 Å². The summed E-state index contributed by atoms with van der Waals surface area (Å²) in [6, 6.07) is 3.23. The van der Waals surface area contributed by atoms with Crippen LogP contribution < -0.4 is 0 Å². The van der Waals surface area contributed by atoms with Crippen molar-refractivity contribution in [3.63, 3.8) is 0 Å². The van der Waals surface area contributed by atoms with E-state index >= 15 is 0 Å². The van der Waals surface area contributed by atoms with Crippen LogP contribution in [0.2, 0.25) is 37.3 Å². The summed E-state index contributed by atoms with van der Waals surface area (Å²) in [5.41, 5.74) is 0.859. The quantitative estimate of drug-likeness (QED) is 0.616. The van der Waals surface area contributed by atoms with Gasteiger partial charge in [0.25, 0.3) is 0 Å². The van der Waals surface area contributed by atoms with Gasteiger partial charge in [-0.3, -0.25) is 0 Å². The van der Waals surface area contributed by atoms with Gasteiger partial charge >= 0.3 is 0 Å². The molecule has 0 aromatic heterocycles. The first-order valence-electron chi connectivity index (χ1n) is 5.91. The average Bonchev–Trinajstić information content (AvgIpc) is 2.73. The van der Waals surface area contributed by atoms with E-state index in [9.17, 15) is 0 Å². The summed E-state index contributed by atoms with van der Waals surface area (Å²) < 4.78 is 0. The first-order chi connectivity index (χ1) is 6.56. The molecule has 0 unspecified atom stereocenters. The molecule has 0 spiro atoms. The highest BCUT2D eigenvalue weighted by atomic mass is 29.3. The van der Waals surface area contributed by atoms with Crippen molar-refractivity contribution in [3.8, 4) is 0 Å². The van der Waals surface area contributed by atoms with E-state index in [-0.39, 0.29) is 0 Å². The van der Waals surface area contributed by atoms with Crippen molar-refractivity contribution in [2.24, 2.45) is 0 Å². The summed E-state index contributed by atoms with van der Waals surface area (Å²) in [5.74, 6) is 0. The van der Waals surface area contributed by atoms with Gasteiger partial charge in [-0.2, -0.15) is 0 Å². The van der Waals surface area contributed by atoms with Crippen LogP contribution >= 0.6 is 0 Å². The van der Waals surface area contributed by atoms with Crippen LogP contribution in [-0.4, -0.2) is 15.2 Å². The lowest BCUT2D eigenvalue weighted by Crippen LogP contribution is -2.57. The summed E-state index contributed by atoms with van der Waals surface area (Å²) in [6.45, 7) is 7.98. The first kappa shape index (κ1) is 10.4. The summed E-state index contributed by atoms with van der Waals surface area (Å²) >= 11 is 0. The van der Waals surface area contributed by atoms with Gasteiger partial charge < -0.3 is 0 Å². The van der Waals surface area contributed by atoms with Crippen LogP contribution in [-0.2, 0) is 0 Å². The molecule has 0 nitrogen and oxygen atoms in total. The van der Waals surface area contributed by atoms with E-state index in [0.29, 0.717) is 0 Å². The van der Waals surface area contributed by atoms with Crippen LogP contribution in [0.1, 0.15) is 12.8 Å². The maximum Gasteiger partial charge on any atom is 0.0533 e. The zero-order valence-electron chi connectivity index (χ0n) is 9.72. The molecule has 0 amide bonds. The highest BCUT2D eigenvalue weighted by molar-refractivity contribution is 7.42. The van der Waals surface area contributed by atoms with Crippen LogP contribution in [0.25, 0.3) is 0 Å². The second-order valence-electron chi connectivity index (χ2n) is 5.79. The molecule has 2 heteroatoms. The molecule has 1 aliphatic heterocycles. The molecular weight excluding hydrogens is 200 g/mol. The fraction of sp³-hybridized carbons (Fsp3) is 0.667. The largest absolute Gasteiger partial charge is 0.0806 e. The minimum Gasteiger partial charge on any atom is -0.0806 e. The Morgan fingerprint density at radius 3 is 2.07 bits per heavy atom. The third kappa shape index (κ3) is 1.48. The van der Waals surface area contributed by atoms with Crippen LogP contribution in [0.3, 0.4) is 0 Å². The highest BCUT2D eigenvalue weighted by Crippen LogP contribution is 2.44. The van der Waals surface area contributed by atoms with Gasteiger partial charge in [0, 0.05) is 7.59 Å². The lowest BCUT2D eigenvalue weighted by Gasteiger charge is -2.41. The Balaban J connectivity index is 2.21. The van der Waals surface area contributed by atoms with Crippen LogP contribution in [0.15, 0.2) is 24.3 Å². The molecule has 0 aromatic rings. The third-order valence-corrected chi connectivity index (χ3v) is 24.8. The molecule has 1 aliphatic carbocycles. The maximum atomic E-state index is 2.69. The van der Waals surface area contributed by atoms with Gasteiger partial charge in [0.05, 0.1) is 7.59 Å². The average molecular weight is 222 g/mol. The summed E-state index contributed by atoms with van der Waals surface area (Å²) in [5, 5.41) is 0. The molecule has 14 heavy (non-hydrogen) atoms. The van der Waals surface area contributed by atoms with Crippen molar-refractivity contribution in [3.05, 3.63) is 24.3 Å². The van der Waals surface area contributed by atoms with Crippen molar-refractivity contribution in [1.82, 2.24) is 0 Å². The van der Waals surface area contributed by atoms with Crippen molar-refractivity contribution in [2.75, 3.05) is 0 Å². The molecule has 1 heterocycles. The van der Waals surface area contributed by atoms with Gasteiger partial charge in [0.15, 0.2) is 0 Å². The van der Waals surface area contributed by atoms with Crippen molar-refractivity contribution in [1.29, 1.82) is 0 Å². The van der Waals surface area contributed by atoms with Crippen molar-refractivity contribution in [2.45, 2.75) is 50.1 Å². The Bertz CT molecular complexity index is 258. The van der Waals surface area contributed by atoms with Gasteiger partial charge in [-0.25, -0.2) is 0 Å². The second-order valence-corrected chi connectivity index (χ2v) is 21.5. The molecule has 1 fully saturated rings. The third-order valence-electron chi connectivity index (χ3n) is 4.84. The van der Waals surface area contributed by atoms with Gasteiger partial charge in [0.2, 0.25) is 0 Å². The van der Waals surface area contributed by atoms with Crippen molar-refractivity contribution < 1.29 is 0 Å². The lowest BCUT2D eigenvalue weighted by molar-refractivity contribution is 0.935. The Morgan fingerprint density at radius 1 is 1.07 bits per heavy atom. The van der Waals surface area contributed by atoms with Gasteiger partial charge in [-0.1, -0.05) is 68.9 Å². The van der Waals surface area contributed by atoms with Gasteiger partial charge in [0.1, 0.15) is 0 Å². The molecule has 2 aliphatic rings. The number of hydrogen-bond donors (Lipinski definition) is 0. The summed E-state index contributed by atoms with van der Waals surface area (Å²) in [4.78, 5) is 0. The Labute approximate surface area is 89.9 Å². The molecule has 78 valence electrons. The standard InChI is InChI=1S/C12H22Si2/c1-13(2,12-8-4-5-9-12)14(3)10-6-7-11-14/h4-5,8-9,12H,6-7,10-11H2,1-3H3. The minimum absolute atomic E-state index is 0.842. The second kappa shape index (κ2) is 3.49. The number of allylic oxidation sites excluding steroid dienone is 4. The lowest BCUT2D eigenvalue weighted by atomic mass is 10.4. The molecule has 2 rings (SSSR count). The summed E-state index contributed by atoms with van der Waals surface area (Å²) in [7, 11) is -1.84. The van der Waals surface area contributed by atoms with E-state index in [1.807, 2.05) is 0 Å². The molecule has 0 radical (unpaired) electrons. The van der Waals surface area contributed by atoms with E-state index in [1.54, 1.807) is 12.1 Å².